The molecule has 0 spiro atoms. The van der Waals surface area contributed by atoms with Gasteiger partial charge < -0.3 is 0 Å². The van der Waals surface area contributed by atoms with E-state index in [4.69, 9.17) is 0 Å². The maximum atomic E-state index is 11.5. The van der Waals surface area contributed by atoms with Gasteiger partial charge in [-0.2, -0.15) is 0 Å². The van der Waals surface area contributed by atoms with Crippen molar-refractivity contribution in [3.63, 3.8) is 0 Å². The first-order valence-electron chi connectivity index (χ1n) is 5.11. The van der Waals surface area contributed by atoms with Gasteiger partial charge in [0.05, 0.1) is 5.92 Å². The second kappa shape index (κ2) is 4.03. The molecule has 0 aromatic heterocycles. The molecule has 1 aliphatic carbocycles. The van der Waals surface area contributed by atoms with E-state index in [9.17, 15) is 9.59 Å². The Bertz CT molecular complexity index is 200. The zero-order chi connectivity index (χ0) is 10.0. The molecular weight excluding hydrogens is 164 g/mol. The van der Waals surface area contributed by atoms with Gasteiger partial charge in [-0.25, -0.2) is 0 Å². The zero-order valence-corrected chi connectivity index (χ0v) is 8.67. The number of Topliss-reactive ketones (excluding diaryl/α,β-unsaturated/α-hetero) is 2. The molecule has 0 radical (unpaired) electrons. The van der Waals surface area contributed by atoms with Crippen molar-refractivity contribution in [3.8, 4) is 0 Å². The Labute approximate surface area is 79.7 Å². The SMILES string of the molecule is CCC1C(=O)CC(C(C)C)CC1=O. The summed E-state index contributed by atoms with van der Waals surface area (Å²) in [7, 11) is 0. The minimum absolute atomic E-state index is 0.164. The van der Waals surface area contributed by atoms with Crippen LogP contribution in [0.5, 0.6) is 0 Å². The average molecular weight is 182 g/mol. The summed E-state index contributed by atoms with van der Waals surface area (Å²) in [6.45, 7) is 6.07. The maximum absolute atomic E-state index is 11.5. The number of hydrogen-bond donors (Lipinski definition) is 0. The van der Waals surface area contributed by atoms with Crippen molar-refractivity contribution in [2.24, 2.45) is 17.8 Å². The molecule has 0 amide bonds. The summed E-state index contributed by atoms with van der Waals surface area (Å²) in [6, 6.07) is 0. The van der Waals surface area contributed by atoms with E-state index in [1.54, 1.807) is 0 Å². The van der Waals surface area contributed by atoms with Gasteiger partial charge in [-0.15, -0.1) is 0 Å². The van der Waals surface area contributed by atoms with Crippen molar-refractivity contribution < 1.29 is 9.59 Å². The van der Waals surface area contributed by atoms with Gasteiger partial charge in [-0.1, -0.05) is 20.8 Å². The molecule has 0 aromatic rings. The van der Waals surface area contributed by atoms with Gasteiger partial charge in [0.15, 0.2) is 0 Å². The second-order valence-corrected chi connectivity index (χ2v) is 4.31. The number of rotatable bonds is 2. The first-order valence-corrected chi connectivity index (χ1v) is 5.11. The summed E-state index contributed by atoms with van der Waals surface area (Å²) in [6.07, 6.45) is 1.91. The summed E-state index contributed by atoms with van der Waals surface area (Å²) in [5, 5.41) is 0. The van der Waals surface area contributed by atoms with E-state index >= 15 is 0 Å². The lowest BCUT2D eigenvalue weighted by atomic mass is 9.74. The predicted molar refractivity (Wildman–Crippen MR) is 51.4 cm³/mol. The van der Waals surface area contributed by atoms with E-state index in [1.165, 1.54) is 0 Å². The molecular formula is C11H18O2. The smallest absolute Gasteiger partial charge is 0.143 e. The minimum Gasteiger partial charge on any atom is -0.299 e. The van der Waals surface area contributed by atoms with E-state index in [0.717, 1.165) is 0 Å². The van der Waals surface area contributed by atoms with Crippen LogP contribution in [0.25, 0.3) is 0 Å². The lowest BCUT2D eigenvalue weighted by Gasteiger charge is -2.27. The van der Waals surface area contributed by atoms with E-state index in [2.05, 4.69) is 13.8 Å². The molecule has 0 atom stereocenters. The van der Waals surface area contributed by atoms with E-state index in [0.29, 0.717) is 31.1 Å². The van der Waals surface area contributed by atoms with Gasteiger partial charge in [-0.05, 0) is 18.3 Å². The Morgan fingerprint density at radius 3 is 2.00 bits per heavy atom. The van der Waals surface area contributed by atoms with Crippen LogP contribution >= 0.6 is 0 Å². The molecule has 1 aliphatic rings. The first-order chi connectivity index (χ1) is 6.06. The third kappa shape index (κ3) is 2.17. The van der Waals surface area contributed by atoms with Gasteiger partial charge in [0.1, 0.15) is 11.6 Å². The fourth-order valence-corrected chi connectivity index (χ4v) is 1.98. The van der Waals surface area contributed by atoms with E-state index in [1.807, 2.05) is 6.92 Å². The van der Waals surface area contributed by atoms with Crippen LogP contribution in [-0.4, -0.2) is 11.6 Å². The molecule has 0 saturated heterocycles. The number of ketones is 2. The topological polar surface area (TPSA) is 34.1 Å². The van der Waals surface area contributed by atoms with Crippen LogP contribution in [0.1, 0.15) is 40.0 Å². The van der Waals surface area contributed by atoms with Gasteiger partial charge in [0, 0.05) is 12.8 Å². The predicted octanol–water partition coefficient (Wildman–Crippen LogP) is 2.22. The highest BCUT2D eigenvalue weighted by molar-refractivity contribution is 6.04. The lowest BCUT2D eigenvalue weighted by molar-refractivity contribution is -0.138. The Morgan fingerprint density at radius 2 is 1.69 bits per heavy atom. The molecule has 0 bridgehead atoms. The summed E-state index contributed by atoms with van der Waals surface area (Å²) in [5.74, 6) is 0.790. The molecule has 13 heavy (non-hydrogen) atoms. The molecule has 0 N–H and O–H groups in total. The highest BCUT2D eigenvalue weighted by Crippen LogP contribution is 2.29. The molecule has 0 aromatic carbocycles. The molecule has 0 heterocycles. The van der Waals surface area contributed by atoms with Crippen LogP contribution < -0.4 is 0 Å². The molecule has 0 unspecified atom stereocenters. The van der Waals surface area contributed by atoms with E-state index in [-0.39, 0.29) is 17.5 Å². The monoisotopic (exact) mass is 182 g/mol. The van der Waals surface area contributed by atoms with Crippen LogP contribution in [0.3, 0.4) is 0 Å². The van der Waals surface area contributed by atoms with Gasteiger partial charge >= 0.3 is 0 Å². The summed E-state index contributed by atoms with van der Waals surface area (Å²) in [5.41, 5.74) is 0. The number of hydrogen-bond acceptors (Lipinski definition) is 2. The second-order valence-electron chi connectivity index (χ2n) is 4.31. The molecule has 74 valence electrons. The summed E-state index contributed by atoms with van der Waals surface area (Å²) in [4.78, 5) is 23.1. The highest BCUT2D eigenvalue weighted by atomic mass is 16.2. The highest BCUT2D eigenvalue weighted by Gasteiger charge is 2.34. The van der Waals surface area contributed by atoms with Crippen LogP contribution in [0.15, 0.2) is 0 Å². The fraction of sp³-hybridized carbons (Fsp3) is 0.818. The molecule has 2 heteroatoms. The standard InChI is InChI=1S/C11H18O2/c1-4-9-10(12)5-8(7(2)3)6-11(9)13/h7-9H,4-6H2,1-3H3. The Kier molecular flexibility index (Phi) is 3.23. The number of carbonyl (C=O) groups excluding carboxylic acids is 2. The summed E-state index contributed by atoms with van der Waals surface area (Å²) >= 11 is 0. The lowest BCUT2D eigenvalue weighted by Crippen LogP contribution is -2.34. The number of carbonyl (C=O) groups is 2. The Hall–Kier alpha value is -0.660. The summed E-state index contributed by atoms with van der Waals surface area (Å²) < 4.78 is 0. The van der Waals surface area contributed by atoms with Crippen molar-refractivity contribution in [2.45, 2.75) is 40.0 Å². The molecule has 0 aliphatic heterocycles. The van der Waals surface area contributed by atoms with Crippen LogP contribution in [0.4, 0.5) is 0 Å². The van der Waals surface area contributed by atoms with E-state index < -0.39 is 0 Å². The van der Waals surface area contributed by atoms with Crippen molar-refractivity contribution in [3.05, 3.63) is 0 Å². The Balaban J connectivity index is 2.67. The molecule has 1 rings (SSSR count). The first kappa shape index (κ1) is 10.4. The van der Waals surface area contributed by atoms with Crippen molar-refractivity contribution in [2.75, 3.05) is 0 Å². The fourth-order valence-electron chi connectivity index (χ4n) is 1.98. The molecule has 2 nitrogen and oxygen atoms in total. The normalized spacial score (nSPS) is 29.8. The average Bonchev–Trinajstić information content (AvgIpc) is 2.03. The zero-order valence-electron chi connectivity index (χ0n) is 8.67. The largest absolute Gasteiger partial charge is 0.299 e. The van der Waals surface area contributed by atoms with Gasteiger partial charge in [0.2, 0.25) is 0 Å². The van der Waals surface area contributed by atoms with Gasteiger partial charge in [-0.3, -0.25) is 9.59 Å². The third-order valence-corrected chi connectivity index (χ3v) is 3.06. The molecule has 1 fully saturated rings. The van der Waals surface area contributed by atoms with Crippen LogP contribution in [0, 0.1) is 17.8 Å². The quantitative estimate of drug-likeness (QED) is 0.614. The third-order valence-electron chi connectivity index (χ3n) is 3.06. The van der Waals surface area contributed by atoms with Crippen molar-refractivity contribution in [1.82, 2.24) is 0 Å². The minimum atomic E-state index is -0.282. The Morgan fingerprint density at radius 1 is 1.23 bits per heavy atom. The molecule has 1 saturated carbocycles. The van der Waals surface area contributed by atoms with Crippen LogP contribution in [0.2, 0.25) is 0 Å². The van der Waals surface area contributed by atoms with Crippen LogP contribution in [-0.2, 0) is 9.59 Å². The van der Waals surface area contributed by atoms with Crippen molar-refractivity contribution in [1.29, 1.82) is 0 Å². The van der Waals surface area contributed by atoms with Gasteiger partial charge in [0.25, 0.3) is 0 Å². The van der Waals surface area contributed by atoms with Crippen molar-refractivity contribution >= 4 is 11.6 Å². The maximum Gasteiger partial charge on any atom is 0.143 e.